The van der Waals surface area contributed by atoms with E-state index in [1.54, 1.807) is 18.2 Å². The maximum absolute atomic E-state index is 10.7. The highest BCUT2D eigenvalue weighted by atomic mass is 16.7. The molecule has 1 aromatic carbocycles. The molecule has 0 amide bonds. The lowest BCUT2D eigenvalue weighted by molar-refractivity contribution is 0.111. The minimum absolute atomic E-state index is 0.587. The Morgan fingerprint density at radius 1 is 1.46 bits per heavy atom. The van der Waals surface area contributed by atoms with Crippen molar-refractivity contribution in [2.45, 2.75) is 6.92 Å². The number of nitrogens with zero attached hydrogens (tertiary/aromatic N) is 1. The number of anilines is 1. The summed E-state index contributed by atoms with van der Waals surface area (Å²) in [6.45, 7) is 2.49. The predicted molar refractivity (Wildman–Crippen MR) is 51.9 cm³/mol. The van der Waals surface area contributed by atoms with Crippen molar-refractivity contribution in [3.8, 4) is 0 Å². The summed E-state index contributed by atoms with van der Waals surface area (Å²) in [7, 11) is 1.78. The molecule has 0 bridgehead atoms. The van der Waals surface area contributed by atoms with Crippen LogP contribution in [0.1, 0.15) is 17.3 Å². The fourth-order valence-electron chi connectivity index (χ4n) is 1.14. The van der Waals surface area contributed by atoms with Gasteiger partial charge in [-0.05, 0) is 19.1 Å². The number of rotatable bonds is 4. The molecule has 0 spiro atoms. The van der Waals surface area contributed by atoms with E-state index in [-0.39, 0.29) is 0 Å². The number of carbonyl (C=O) groups is 1. The Balaban J connectivity index is 2.91. The Morgan fingerprint density at radius 3 is 2.77 bits per heavy atom. The van der Waals surface area contributed by atoms with Gasteiger partial charge in [0.15, 0.2) is 6.29 Å². The van der Waals surface area contributed by atoms with Crippen molar-refractivity contribution in [1.82, 2.24) is 0 Å². The van der Waals surface area contributed by atoms with Gasteiger partial charge >= 0.3 is 0 Å². The van der Waals surface area contributed by atoms with Crippen LogP contribution in [0.5, 0.6) is 0 Å². The Kier molecular flexibility index (Phi) is 3.46. The van der Waals surface area contributed by atoms with Crippen LogP contribution >= 0.6 is 0 Å². The van der Waals surface area contributed by atoms with Crippen molar-refractivity contribution in [1.29, 1.82) is 0 Å². The number of carbonyl (C=O) groups excluding carboxylic acids is 1. The van der Waals surface area contributed by atoms with E-state index in [2.05, 4.69) is 0 Å². The molecule has 0 aromatic heterocycles. The lowest BCUT2D eigenvalue weighted by Crippen LogP contribution is -2.18. The van der Waals surface area contributed by atoms with Crippen molar-refractivity contribution in [3.63, 3.8) is 0 Å². The van der Waals surface area contributed by atoms with Crippen LogP contribution < -0.4 is 5.06 Å². The summed E-state index contributed by atoms with van der Waals surface area (Å²) >= 11 is 0. The summed E-state index contributed by atoms with van der Waals surface area (Å²) in [4.78, 5) is 15.9. The summed E-state index contributed by atoms with van der Waals surface area (Å²) < 4.78 is 0. The van der Waals surface area contributed by atoms with Gasteiger partial charge in [-0.2, -0.15) is 0 Å². The zero-order chi connectivity index (χ0) is 9.68. The molecule has 0 atom stereocenters. The van der Waals surface area contributed by atoms with E-state index in [0.29, 0.717) is 12.2 Å². The summed E-state index contributed by atoms with van der Waals surface area (Å²) in [5.41, 5.74) is 1.43. The number of benzene rings is 1. The van der Waals surface area contributed by atoms with Gasteiger partial charge in [0.1, 0.15) is 0 Å². The van der Waals surface area contributed by atoms with E-state index in [0.717, 1.165) is 12.0 Å². The van der Waals surface area contributed by atoms with Gasteiger partial charge in [-0.15, -0.1) is 0 Å². The van der Waals surface area contributed by atoms with Gasteiger partial charge in [0.05, 0.1) is 12.3 Å². The first-order valence-electron chi connectivity index (χ1n) is 4.20. The summed E-state index contributed by atoms with van der Waals surface area (Å²) in [6, 6.07) is 7.31. The molecule has 0 radical (unpaired) electrons. The standard InChI is InChI=1S/C10H13NO2/c1-3-13-11(2)10-7-5-4-6-9(10)8-12/h4-8H,3H2,1-2H3. The Hall–Kier alpha value is -1.35. The Bertz CT molecular complexity index is 286. The van der Waals surface area contributed by atoms with Crippen LogP contribution in [0.2, 0.25) is 0 Å². The van der Waals surface area contributed by atoms with E-state index < -0.39 is 0 Å². The molecule has 0 saturated carbocycles. The topological polar surface area (TPSA) is 29.5 Å². The molecule has 0 heterocycles. The van der Waals surface area contributed by atoms with Crippen LogP contribution in [-0.2, 0) is 4.84 Å². The lowest BCUT2D eigenvalue weighted by Gasteiger charge is -2.18. The van der Waals surface area contributed by atoms with Crippen molar-refractivity contribution < 1.29 is 9.63 Å². The smallest absolute Gasteiger partial charge is 0.152 e. The van der Waals surface area contributed by atoms with Gasteiger partial charge < -0.3 is 0 Å². The first-order chi connectivity index (χ1) is 6.29. The van der Waals surface area contributed by atoms with Gasteiger partial charge in [0.2, 0.25) is 0 Å². The Labute approximate surface area is 77.9 Å². The highest BCUT2D eigenvalue weighted by Crippen LogP contribution is 2.16. The van der Waals surface area contributed by atoms with Gasteiger partial charge in [-0.1, -0.05) is 12.1 Å². The lowest BCUT2D eigenvalue weighted by atomic mass is 10.2. The zero-order valence-electron chi connectivity index (χ0n) is 7.86. The second kappa shape index (κ2) is 4.62. The fraction of sp³-hybridized carbons (Fsp3) is 0.300. The molecular weight excluding hydrogens is 166 g/mol. The molecule has 3 nitrogen and oxygen atoms in total. The number of hydroxylamine groups is 1. The Morgan fingerprint density at radius 2 is 2.15 bits per heavy atom. The molecular formula is C10H13NO2. The molecule has 1 aromatic rings. The maximum atomic E-state index is 10.7. The average molecular weight is 179 g/mol. The third-order valence-corrected chi connectivity index (χ3v) is 1.73. The molecule has 3 heteroatoms. The van der Waals surface area contributed by atoms with Crippen molar-refractivity contribution in [2.75, 3.05) is 18.7 Å². The molecule has 1 rings (SSSR count). The number of hydrogen-bond donors (Lipinski definition) is 0. The predicted octanol–water partition coefficient (Wildman–Crippen LogP) is 1.89. The van der Waals surface area contributed by atoms with Gasteiger partial charge in [0, 0.05) is 12.6 Å². The molecule has 0 aliphatic rings. The van der Waals surface area contributed by atoms with Crippen LogP contribution in [0.3, 0.4) is 0 Å². The average Bonchev–Trinajstić information content (AvgIpc) is 2.18. The van der Waals surface area contributed by atoms with Crippen LogP contribution in [0.4, 0.5) is 5.69 Å². The fourth-order valence-corrected chi connectivity index (χ4v) is 1.14. The van der Waals surface area contributed by atoms with Crippen molar-refractivity contribution >= 4 is 12.0 Å². The number of para-hydroxylation sites is 1. The monoisotopic (exact) mass is 179 g/mol. The second-order valence-corrected chi connectivity index (χ2v) is 2.59. The summed E-state index contributed by atoms with van der Waals surface area (Å²) in [5, 5.41) is 1.60. The van der Waals surface area contributed by atoms with Crippen molar-refractivity contribution in [2.24, 2.45) is 0 Å². The SMILES string of the molecule is CCON(C)c1ccccc1C=O. The molecule has 0 N–H and O–H groups in total. The van der Waals surface area contributed by atoms with Crippen LogP contribution in [0.15, 0.2) is 24.3 Å². The molecule has 0 unspecified atom stereocenters. The minimum atomic E-state index is 0.587. The van der Waals surface area contributed by atoms with Crippen LogP contribution in [-0.4, -0.2) is 19.9 Å². The molecule has 70 valence electrons. The first kappa shape index (κ1) is 9.74. The van der Waals surface area contributed by atoms with Crippen molar-refractivity contribution in [3.05, 3.63) is 29.8 Å². The third kappa shape index (κ3) is 2.29. The maximum Gasteiger partial charge on any atom is 0.152 e. The van der Waals surface area contributed by atoms with E-state index >= 15 is 0 Å². The number of aldehydes is 1. The van der Waals surface area contributed by atoms with Crippen LogP contribution in [0, 0.1) is 0 Å². The minimum Gasteiger partial charge on any atom is -0.298 e. The normalized spacial score (nSPS) is 9.69. The number of hydrogen-bond acceptors (Lipinski definition) is 3. The first-order valence-corrected chi connectivity index (χ1v) is 4.20. The highest BCUT2D eigenvalue weighted by Gasteiger charge is 2.04. The van der Waals surface area contributed by atoms with E-state index in [9.17, 15) is 4.79 Å². The van der Waals surface area contributed by atoms with Crippen LogP contribution in [0.25, 0.3) is 0 Å². The molecule has 0 aliphatic carbocycles. The molecule has 0 fully saturated rings. The van der Waals surface area contributed by atoms with E-state index in [4.69, 9.17) is 4.84 Å². The quantitative estimate of drug-likeness (QED) is 0.522. The summed E-state index contributed by atoms with van der Waals surface area (Å²) in [6.07, 6.45) is 0.824. The largest absolute Gasteiger partial charge is 0.298 e. The van der Waals surface area contributed by atoms with E-state index in [1.165, 1.54) is 0 Å². The third-order valence-electron chi connectivity index (χ3n) is 1.73. The van der Waals surface area contributed by atoms with Gasteiger partial charge in [-0.3, -0.25) is 14.7 Å². The molecule has 13 heavy (non-hydrogen) atoms. The second-order valence-electron chi connectivity index (χ2n) is 2.59. The summed E-state index contributed by atoms with van der Waals surface area (Å²) in [5.74, 6) is 0. The molecule has 0 saturated heterocycles. The van der Waals surface area contributed by atoms with Gasteiger partial charge in [0.25, 0.3) is 0 Å². The van der Waals surface area contributed by atoms with E-state index in [1.807, 2.05) is 25.1 Å². The van der Waals surface area contributed by atoms with Gasteiger partial charge in [-0.25, -0.2) is 0 Å². The highest BCUT2D eigenvalue weighted by molar-refractivity contribution is 5.83. The molecule has 0 aliphatic heterocycles. The zero-order valence-corrected chi connectivity index (χ0v) is 7.86.